The van der Waals surface area contributed by atoms with Gasteiger partial charge in [-0.2, -0.15) is 0 Å². The first-order valence-corrected chi connectivity index (χ1v) is 7.25. The summed E-state index contributed by atoms with van der Waals surface area (Å²) in [5, 5.41) is 4.55. The van der Waals surface area contributed by atoms with Crippen molar-refractivity contribution in [3.8, 4) is 11.3 Å². The first kappa shape index (κ1) is 12.8. The molecule has 0 spiro atoms. The van der Waals surface area contributed by atoms with E-state index in [1.165, 1.54) is 25.7 Å². The van der Waals surface area contributed by atoms with Crippen LogP contribution in [-0.4, -0.2) is 16.0 Å². The van der Waals surface area contributed by atoms with Gasteiger partial charge in [-0.05, 0) is 25.0 Å². The summed E-state index contributed by atoms with van der Waals surface area (Å²) in [6, 6.07) is 6.12. The predicted molar refractivity (Wildman–Crippen MR) is 79.9 cm³/mol. The van der Waals surface area contributed by atoms with E-state index >= 15 is 0 Å². The number of hydrogen-bond acceptors (Lipinski definition) is 2. The predicted octanol–water partition coefficient (Wildman–Crippen LogP) is 4.74. The standard InChI is InChI=1S/C14H15Cl2N3/c15-11-6-5-9(7-12(11)16)13-8-17-14(19-13)18-10-3-1-2-4-10/h5-8,10H,1-4H2,(H2,17,18,19). The van der Waals surface area contributed by atoms with Crippen LogP contribution in [0.15, 0.2) is 24.4 Å². The van der Waals surface area contributed by atoms with Crippen LogP contribution in [0.1, 0.15) is 25.7 Å². The van der Waals surface area contributed by atoms with Crippen molar-refractivity contribution in [3.05, 3.63) is 34.4 Å². The minimum absolute atomic E-state index is 0.549. The molecule has 19 heavy (non-hydrogen) atoms. The van der Waals surface area contributed by atoms with E-state index in [4.69, 9.17) is 23.2 Å². The number of H-pyrrole nitrogens is 1. The van der Waals surface area contributed by atoms with Crippen molar-refractivity contribution in [1.82, 2.24) is 9.97 Å². The first-order valence-electron chi connectivity index (χ1n) is 6.49. The van der Waals surface area contributed by atoms with Gasteiger partial charge < -0.3 is 10.3 Å². The minimum Gasteiger partial charge on any atom is -0.353 e. The lowest BCUT2D eigenvalue weighted by Crippen LogP contribution is -2.15. The third kappa shape index (κ3) is 2.88. The fraction of sp³-hybridized carbons (Fsp3) is 0.357. The smallest absolute Gasteiger partial charge is 0.200 e. The molecule has 0 unspecified atom stereocenters. The molecule has 1 aliphatic rings. The van der Waals surface area contributed by atoms with E-state index in [1.54, 1.807) is 6.07 Å². The number of nitrogens with one attached hydrogen (secondary N) is 2. The molecule has 0 aliphatic heterocycles. The molecule has 0 amide bonds. The van der Waals surface area contributed by atoms with E-state index in [0.717, 1.165) is 17.2 Å². The fourth-order valence-corrected chi connectivity index (χ4v) is 2.77. The minimum atomic E-state index is 0.549. The largest absolute Gasteiger partial charge is 0.353 e. The van der Waals surface area contributed by atoms with Gasteiger partial charge in [0, 0.05) is 11.6 Å². The Balaban J connectivity index is 1.78. The van der Waals surface area contributed by atoms with Crippen LogP contribution in [0.5, 0.6) is 0 Å². The Hall–Kier alpha value is -1.19. The van der Waals surface area contributed by atoms with Crippen molar-refractivity contribution in [2.24, 2.45) is 0 Å². The Labute approximate surface area is 122 Å². The molecule has 3 nitrogen and oxygen atoms in total. The molecule has 3 rings (SSSR count). The summed E-state index contributed by atoms with van der Waals surface area (Å²) in [6.45, 7) is 0. The van der Waals surface area contributed by atoms with Crippen LogP contribution in [0.2, 0.25) is 10.0 Å². The van der Waals surface area contributed by atoms with Crippen LogP contribution in [0.3, 0.4) is 0 Å². The van der Waals surface area contributed by atoms with Gasteiger partial charge in [0.1, 0.15) is 0 Å². The lowest BCUT2D eigenvalue weighted by molar-refractivity contribution is 0.747. The average Bonchev–Trinajstić information content (AvgIpc) is 3.05. The van der Waals surface area contributed by atoms with Crippen molar-refractivity contribution in [2.75, 3.05) is 5.32 Å². The van der Waals surface area contributed by atoms with Crippen molar-refractivity contribution >= 4 is 29.2 Å². The highest BCUT2D eigenvalue weighted by molar-refractivity contribution is 6.42. The number of aromatic amines is 1. The van der Waals surface area contributed by atoms with E-state index in [9.17, 15) is 0 Å². The number of hydrogen-bond donors (Lipinski definition) is 2. The molecule has 1 fully saturated rings. The van der Waals surface area contributed by atoms with Crippen LogP contribution in [0, 0.1) is 0 Å². The molecule has 5 heteroatoms. The van der Waals surface area contributed by atoms with E-state index < -0.39 is 0 Å². The summed E-state index contributed by atoms with van der Waals surface area (Å²) in [4.78, 5) is 7.64. The average molecular weight is 296 g/mol. The second-order valence-electron chi connectivity index (χ2n) is 4.90. The maximum Gasteiger partial charge on any atom is 0.200 e. The molecule has 1 aromatic heterocycles. The first-order chi connectivity index (χ1) is 9.22. The molecular weight excluding hydrogens is 281 g/mol. The third-order valence-corrected chi connectivity index (χ3v) is 4.24. The summed E-state index contributed by atoms with van der Waals surface area (Å²) in [5.74, 6) is 0.827. The number of rotatable bonds is 3. The molecule has 1 aromatic carbocycles. The quantitative estimate of drug-likeness (QED) is 0.859. The van der Waals surface area contributed by atoms with Gasteiger partial charge in [-0.25, -0.2) is 4.98 Å². The lowest BCUT2D eigenvalue weighted by atomic mass is 10.2. The molecule has 1 saturated carbocycles. The summed E-state index contributed by atoms with van der Waals surface area (Å²) < 4.78 is 0. The zero-order valence-corrected chi connectivity index (χ0v) is 11.9. The number of aromatic nitrogens is 2. The molecule has 0 radical (unpaired) electrons. The van der Waals surface area contributed by atoms with Gasteiger partial charge in [0.2, 0.25) is 5.95 Å². The normalized spacial score (nSPS) is 15.9. The highest BCUT2D eigenvalue weighted by Crippen LogP contribution is 2.28. The molecule has 1 heterocycles. The van der Waals surface area contributed by atoms with Gasteiger partial charge in [-0.3, -0.25) is 0 Å². The highest BCUT2D eigenvalue weighted by atomic mass is 35.5. The lowest BCUT2D eigenvalue weighted by Gasteiger charge is -2.09. The van der Waals surface area contributed by atoms with E-state index in [-0.39, 0.29) is 0 Å². The second-order valence-corrected chi connectivity index (χ2v) is 5.71. The van der Waals surface area contributed by atoms with Crippen molar-refractivity contribution in [1.29, 1.82) is 0 Å². The topological polar surface area (TPSA) is 40.7 Å². The Bertz CT molecular complexity index is 574. The highest BCUT2D eigenvalue weighted by Gasteiger charge is 2.15. The van der Waals surface area contributed by atoms with Crippen LogP contribution < -0.4 is 5.32 Å². The van der Waals surface area contributed by atoms with Gasteiger partial charge in [0.05, 0.1) is 21.9 Å². The van der Waals surface area contributed by atoms with Gasteiger partial charge in [0.15, 0.2) is 0 Å². The van der Waals surface area contributed by atoms with Crippen LogP contribution in [0.4, 0.5) is 5.95 Å². The second kappa shape index (κ2) is 5.43. The van der Waals surface area contributed by atoms with Crippen LogP contribution in [-0.2, 0) is 0 Å². The number of nitrogens with zero attached hydrogens (tertiary/aromatic N) is 1. The Kier molecular flexibility index (Phi) is 3.67. The van der Waals surface area contributed by atoms with Gasteiger partial charge in [-0.15, -0.1) is 0 Å². The van der Waals surface area contributed by atoms with Gasteiger partial charge >= 0.3 is 0 Å². The molecule has 0 atom stereocenters. The Morgan fingerprint density at radius 3 is 2.68 bits per heavy atom. The zero-order chi connectivity index (χ0) is 13.2. The van der Waals surface area contributed by atoms with Gasteiger partial charge in [-0.1, -0.05) is 42.1 Å². The van der Waals surface area contributed by atoms with E-state index in [1.807, 2.05) is 18.3 Å². The van der Waals surface area contributed by atoms with E-state index in [0.29, 0.717) is 16.1 Å². The summed E-state index contributed by atoms with van der Waals surface area (Å²) in [5.41, 5.74) is 1.93. The molecule has 1 aliphatic carbocycles. The van der Waals surface area contributed by atoms with Crippen molar-refractivity contribution < 1.29 is 0 Å². The summed E-state index contributed by atoms with van der Waals surface area (Å²) in [7, 11) is 0. The maximum atomic E-state index is 6.03. The molecule has 0 bridgehead atoms. The van der Waals surface area contributed by atoms with Gasteiger partial charge in [0.25, 0.3) is 0 Å². The fourth-order valence-electron chi connectivity index (χ4n) is 2.47. The SMILES string of the molecule is Clc1ccc(-c2cnc(NC3CCCC3)[nH]2)cc1Cl. The van der Waals surface area contributed by atoms with E-state index in [2.05, 4.69) is 15.3 Å². The summed E-state index contributed by atoms with van der Waals surface area (Å²) >= 11 is 11.9. The maximum absolute atomic E-state index is 6.03. The van der Waals surface area contributed by atoms with Crippen molar-refractivity contribution in [3.63, 3.8) is 0 Å². The Morgan fingerprint density at radius 2 is 1.95 bits per heavy atom. The monoisotopic (exact) mass is 295 g/mol. The molecular formula is C14H15Cl2N3. The number of halogens is 2. The molecule has 2 aromatic rings. The number of imidazole rings is 1. The third-order valence-electron chi connectivity index (χ3n) is 3.50. The number of benzene rings is 1. The summed E-state index contributed by atoms with van der Waals surface area (Å²) in [6.07, 6.45) is 6.87. The zero-order valence-electron chi connectivity index (χ0n) is 10.4. The molecule has 2 N–H and O–H groups in total. The van der Waals surface area contributed by atoms with Crippen molar-refractivity contribution in [2.45, 2.75) is 31.7 Å². The van der Waals surface area contributed by atoms with Crippen LogP contribution in [0.25, 0.3) is 11.3 Å². The Morgan fingerprint density at radius 1 is 1.16 bits per heavy atom. The molecule has 100 valence electrons. The van der Waals surface area contributed by atoms with Crippen LogP contribution >= 0.6 is 23.2 Å². The molecule has 0 saturated heterocycles. The number of anilines is 1.